The van der Waals surface area contributed by atoms with Crippen LogP contribution in [0.1, 0.15) is 0 Å². The highest BCUT2D eigenvalue weighted by molar-refractivity contribution is 4.98. The van der Waals surface area contributed by atoms with E-state index in [1.165, 1.54) is 0 Å². The fourth-order valence-corrected chi connectivity index (χ4v) is 2.63. The predicted molar refractivity (Wildman–Crippen MR) is 68.6 cm³/mol. The maximum atomic E-state index is 10.00. The second-order valence-electron chi connectivity index (χ2n) is 5.58. The molecule has 8 N–H and O–H groups in total. The molecule has 2 saturated heterocycles. The fourth-order valence-electron chi connectivity index (χ4n) is 2.63. The molecule has 0 radical (unpaired) electrons. The third-order valence-electron chi connectivity index (χ3n) is 4.04. The van der Waals surface area contributed by atoms with Gasteiger partial charge in [-0.2, -0.15) is 0 Å². The average molecular weight is 342 g/mol. The van der Waals surface area contributed by atoms with E-state index in [0.717, 1.165) is 0 Å². The van der Waals surface area contributed by atoms with E-state index in [4.69, 9.17) is 24.4 Å². The van der Waals surface area contributed by atoms with Crippen LogP contribution in [0, 0.1) is 0 Å². The van der Waals surface area contributed by atoms with Crippen LogP contribution in [-0.2, 0) is 14.2 Å². The summed E-state index contributed by atoms with van der Waals surface area (Å²) in [7, 11) is 0. The van der Waals surface area contributed by atoms with Crippen molar-refractivity contribution in [1.29, 1.82) is 0 Å². The lowest BCUT2D eigenvalue weighted by Crippen LogP contribution is -2.60. The predicted octanol–water partition coefficient (Wildman–Crippen LogP) is -5.40. The molecule has 2 aliphatic heterocycles. The third kappa shape index (κ3) is 3.36. The highest BCUT2D eigenvalue weighted by atomic mass is 16.7. The van der Waals surface area contributed by atoms with Crippen molar-refractivity contribution in [3.05, 3.63) is 0 Å². The van der Waals surface area contributed by atoms with Crippen molar-refractivity contribution in [3.63, 3.8) is 0 Å². The Morgan fingerprint density at radius 1 is 0.870 bits per heavy atom. The lowest BCUT2D eigenvalue weighted by Gasteiger charge is -2.41. The van der Waals surface area contributed by atoms with Crippen LogP contribution in [0.2, 0.25) is 0 Å². The van der Waals surface area contributed by atoms with Gasteiger partial charge in [-0.1, -0.05) is 0 Å². The maximum absolute atomic E-state index is 10.00. The number of rotatable bonds is 5. The smallest absolute Gasteiger partial charge is 0.219 e. The van der Waals surface area contributed by atoms with E-state index >= 15 is 0 Å². The molecule has 4 unspecified atom stereocenters. The van der Waals surface area contributed by atoms with E-state index in [9.17, 15) is 30.6 Å². The Morgan fingerprint density at radius 2 is 1.48 bits per heavy atom. The highest BCUT2D eigenvalue weighted by Crippen LogP contribution is 2.33. The van der Waals surface area contributed by atoms with Crippen LogP contribution in [0.5, 0.6) is 0 Å². The van der Waals surface area contributed by atoms with Gasteiger partial charge in [0.05, 0.1) is 19.8 Å². The first-order chi connectivity index (χ1) is 10.8. The quantitative estimate of drug-likeness (QED) is 0.238. The van der Waals surface area contributed by atoms with Gasteiger partial charge >= 0.3 is 0 Å². The first kappa shape index (κ1) is 18.9. The molecule has 2 rings (SSSR count). The second kappa shape index (κ2) is 7.21. The standard InChI is InChI=1S/C12H22O11/c13-1-4-6(16)7(17)8(18)11(21-4)22-9-5(2-14)23-12(20,3-15)10(9)19/h4-11,13-20H,1-3H2/t4?,5-,6-,7+,8?,9+,10?,11+,12?/m1/s1. The van der Waals surface area contributed by atoms with Gasteiger partial charge in [0.25, 0.3) is 0 Å². The van der Waals surface area contributed by atoms with Crippen LogP contribution in [-0.4, -0.2) is 115 Å². The van der Waals surface area contributed by atoms with Crippen LogP contribution < -0.4 is 0 Å². The molecule has 2 aliphatic rings. The van der Waals surface area contributed by atoms with Gasteiger partial charge in [-0.15, -0.1) is 0 Å². The van der Waals surface area contributed by atoms with E-state index < -0.39 is 74.6 Å². The topological polar surface area (TPSA) is 190 Å². The van der Waals surface area contributed by atoms with Crippen molar-refractivity contribution in [2.75, 3.05) is 19.8 Å². The molecule has 0 aliphatic carbocycles. The molecule has 2 heterocycles. The lowest BCUT2D eigenvalue weighted by molar-refractivity contribution is -0.318. The molecule has 23 heavy (non-hydrogen) atoms. The molecule has 0 aromatic heterocycles. The molecule has 0 bridgehead atoms. The molecule has 9 atom stereocenters. The van der Waals surface area contributed by atoms with Crippen molar-refractivity contribution in [2.45, 2.75) is 54.8 Å². The summed E-state index contributed by atoms with van der Waals surface area (Å²) in [6, 6.07) is 0. The van der Waals surface area contributed by atoms with Crippen LogP contribution >= 0.6 is 0 Å². The van der Waals surface area contributed by atoms with Crippen molar-refractivity contribution in [2.24, 2.45) is 0 Å². The van der Waals surface area contributed by atoms with Gasteiger partial charge in [0, 0.05) is 0 Å². The van der Waals surface area contributed by atoms with Gasteiger partial charge in [0.2, 0.25) is 5.79 Å². The van der Waals surface area contributed by atoms with Gasteiger partial charge in [-0.25, -0.2) is 0 Å². The molecule has 0 aromatic rings. The number of hydrogen-bond acceptors (Lipinski definition) is 11. The summed E-state index contributed by atoms with van der Waals surface area (Å²) < 4.78 is 15.3. The van der Waals surface area contributed by atoms with Crippen molar-refractivity contribution >= 4 is 0 Å². The summed E-state index contributed by atoms with van der Waals surface area (Å²) in [5.74, 6) is -2.37. The van der Waals surface area contributed by atoms with Crippen LogP contribution in [0.25, 0.3) is 0 Å². The molecule has 136 valence electrons. The van der Waals surface area contributed by atoms with Crippen LogP contribution in [0.3, 0.4) is 0 Å². The second-order valence-corrected chi connectivity index (χ2v) is 5.58. The maximum Gasteiger partial charge on any atom is 0.219 e. The minimum atomic E-state index is -2.37. The summed E-state index contributed by atoms with van der Waals surface area (Å²) >= 11 is 0. The largest absolute Gasteiger partial charge is 0.394 e. The van der Waals surface area contributed by atoms with E-state index in [-0.39, 0.29) is 0 Å². The molecule has 0 spiro atoms. The Labute approximate surface area is 130 Å². The summed E-state index contributed by atoms with van der Waals surface area (Å²) in [5, 5.41) is 76.5. The molecule has 2 fully saturated rings. The SMILES string of the molecule is OCC1O[C@@H](O[C@@H]2C(O)C(O)(CO)O[C@@H]2CO)C(O)[C@@H](O)[C@@H]1O. The Bertz CT molecular complexity index is 393. The number of hydrogen-bond donors (Lipinski definition) is 8. The fraction of sp³-hybridized carbons (Fsp3) is 1.00. The minimum absolute atomic E-state index is 0.668. The summed E-state index contributed by atoms with van der Waals surface area (Å²) in [6.45, 7) is -2.32. The van der Waals surface area contributed by atoms with E-state index in [2.05, 4.69) is 0 Å². The molecule has 11 heteroatoms. The van der Waals surface area contributed by atoms with Gasteiger partial charge in [0.1, 0.15) is 42.7 Å². The normalized spacial score (nSPS) is 51.1. The number of aliphatic hydroxyl groups is 8. The molecular weight excluding hydrogens is 320 g/mol. The van der Waals surface area contributed by atoms with Gasteiger partial charge < -0.3 is 55.1 Å². The Balaban J connectivity index is 2.13. The van der Waals surface area contributed by atoms with E-state index in [1.54, 1.807) is 0 Å². The zero-order valence-corrected chi connectivity index (χ0v) is 12.0. The molecule has 0 amide bonds. The van der Waals surface area contributed by atoms with Gasteiger partial charge in [0.15, 0.2) is 6.29 Å². The van der Waals surface area contributed by atoms with Crippen LogP contribution in [0.15, 0.2) is 0 Å². The summed E-state index contributed by atoms with van der Waals surface area (Å²) in [6.07, 6.45) is -12.2. The monoisotopic (exact) mass is 342 g/mol. The summed E-state index contributed by atoms with van der Waals surface area (Å²) in [5.41, 5.74) is 0. The van der Waals surface area contributed by atoms with E-state index in [0.29, 0.717) is 0 Å². The number of aliphatic hydroxyl groups excluding tert-OH is 7. The van der Waals surface area contributed by atoms with E-state index in [1.807, 2.05) is 0 Å². The minimum Gasteiger partial charge on any atom is -0.394 e. The van der Waals surface area contributed by atoms with Gasteiger partial charge in [-0.3, -0.25) is 0 Å². The molecule has 0 saturated carbocycles. The van der Waals surface area contributed by atoms with Crippen LogP contribution in [0.4, 0.5) is 0 Å². The zero-order chi connectivity index (χ0) is 17.4. The Kier molecular flexibility index (Phi) is 5.92. The average Bonchev–Trinajstić information content (AvgIpc) is 2.80. The molecular formula is C12H22O11. The van der Waals surface area contributed by atoms with Crippen molar-refractivity contribution < 1.29 is 55.1 Å². The Morgan fingerprint density at radius 3 is 2.00 bits per heavy atom. The zero-order valence-electron chi connectivity index (χ0n) is 12.0. The van der Waals surface area contributed by atoms with Crippen molar-refractivity contribution in [1.82, 2.24) is 0 Å². The molecule has 11 nitrogen and oxygen atoms in total. The van der Waals surface area contributed by atoms with Crippen molar-refractivity contribution in [3.8, 4) is 0 Å². The highest BCUT2D eigenvalue weighted by Gasteiger charge is 2.56. The number of ether oxygens (including phenoxy) is 3. The van der Waals surface area contributed by atoms with Gasteiger partial charge in [-0.05, 0) is 0 Å². The lowest BCUT2D eigenvalue weighted by atomic mass is 9.99. The first-order valence-corrected chi connectivity index (χ1v) is 7.05. The summed E-state index contributed by atoms with van der Waals surface area (Å²) in [4.78, 5) is 0. The Hall–Kier alpha value is -0.440. The first-order valence-electron chi connectivity index (χ1n) is 7.05. The molecule has 0 aromatic carbocycles. The third-order valence-corrected chi connectivity index (χ3v) is 4.04.